The van der Waals surface area contributed by atoms with Crippen LogP contribution in [0.5, 0.6) is 0 Å². The Labute approximate surface area is 116 Å². The van der Waals surface area contributed by atoms with Crippen LogP contribution < -0.4 is 10.6 Å². The van der Waals surface area contributed by atoms with E-state index in [0.29, 0.717) is 0 Å². The van der Waals surface area contributed by atoms with Crippen molar-refractivity contribution < 1.29 is 4.74 Å². The first-order chi connectivity index (χ1) is 9.22. The number of hydrogen-bond acceptors (Lipinski definition) is 3. The van der Waals surface area contributed by atoms with Crippen LogP contribution in [-0.4, -0.2) is 26.8 Å². The van der Waals surface area contributed by atoms with Gasteiger partial charge < -0.3 is 15.4 Å². The van der Waals surface area contributed by atoms with E-state index in [4.69, 9.17) is 10.5 Å². The van der Waals surface area contributed by atoms with E-state index in [1.54, 1.807) is 0 Å². The molecule has 0 heterocycles. The number of hydrogen-bond donors (Lipinski definition) is 1. The zero-order chi connectivity index (χ0) is 13.7. The number of rotatable bonds is 8. The fraction of sp³-hybridized carbons (Fsp3) is 0.625. The molecule has 1 aliphatic rings. The summed E-state index contributed by atoms with van der Waals surface area (Å²) in [5, 5.41) is 0. The van der Waals surface area contributed by atoms with Gasteiger partial charge in [0.2, 0.25) is 0 Å². The van der Waals surface area contributed by atoms with Crippen molar-refractivity contribution in [2.24, 2.45) is 11.7 Å². The standard InChI is InChI=1S/C16H26N2O/c1-3-15(17)14-6-4-5-7-16(14)18(2)10-11-19-12-13-8-9-13/h4-7,13,15H,3,8-12,17H2,1-2H3/t15-/m1/s1. The van der Waals surface area contributed by atoms with Crippen molar-refractivity contribution in [3.8, 4) is 0 Å². The lowest BCUT2D eigenvalue weighted by Gasteiger charge is -2.24. The first kappa shape index (κ1) is 14.4. The minimum absolute atomic E-state index is 0.117. The van der Waals surface area contributed by atoms with Crippen LogP contribution in [-0.2, 0) is 4.74 Å². The molecule has 106 valence electrons. The molecule has 19 heavy (non-hydrogen) atoms. The summed E-state index contributed by atoms with van der Waals surface area (Å²) < 4.78 is 5.70. The molecular weight excluding hydrogens is 236 g/mol. The highest BCUT2D eigenvalue weighted by Crippen LogP contribution is 2.29. The van der Waals surface area contributed by atoms with Gasteiger partial charge in [-0.05, 0) is 36.8 Å². The van der Waals surface area contributed by atoms with E-state index in [2.05, 4.69) is 43.1 Å². The first-order valence-corrected chi connectivity index (χ1v) is 7.35. The molecule has 3 heteroatoms. The van der Waals surface area contributed by atoms with Gasteiger partial charge in [-0.3, -0.25) is 0 Å². The van der Waals surface area contributed by atoms with Crippen LogP contribution >= 0.6 is 0 Å². The third-order valence-electron chi connectivity index (χ3n) is 3.81. The summed E-state index contributed by atoms with van der Waals surface area (Å²) in [6.07, 6.45) is 3.66. The maximum absolute atomic E-state index is 6.18. The van der Waals surface area contributed by atoms with Crippen LogP contribution in [0, 0.1) is 5.92 Å². The Morgan fingerprint density at radius 1 is 1.37 bits per heavy atom. The van der Waals surface area contributed by atoms with Crippen LogP contribution in [0.25, 0.3) is 0 Å². The third kappa shape index (κ3) is 4.22. The van der Waals surface area contributed by atoms with Crippen molar-refractivity contribution in [1.29, 1.82) is 0 Å². The van der Waals surface area contributed by atoms with Crippen molar-refractivity contribution in [3.05, 3.63) is 29.8 Å². The molecule has 1 fully saturated rings. The summed E-state index contributed by atoms with van der Waals surface area (Å²) in [6, 6.07) is 8.52. The molecule has 2 rings (SSSR count). The Hall–Kier alpha value is -1.06. The molecular formula is C16H26N2O. The second-order valence-corrected chi connectivity index (χ2v) is 5.51. The molecule has 0 aromatic heterocycles. The van der Waals surface area contributed by atoms with E-state index >= 15 is 0 Å². The molecule has 0 bridgehead atoms. The quantitative estimate of drug-likeness (QED) is 0.732. The lowest BCUT2D eigenvalue weighted by molar-refractivity contribution is 0.131. The predicted molar refractivity (Wildman–Crippen MR) is 80.5 cm³/mol. The van der Waals surface area contributed by atoms with E-state index in [9.17, 15) is 0 Å². The van der Waals surface area contributed by atoms with Crippen molar-refractivity contribution in [3.63, 3.8) is 0 Å². The van der Waals surface area contributed by atoms with E-state index < -0.39 is 0 Å². The number of ether oxygens (including phenoxy) is 1. The Balaban J connectivity index is 1.87. The molecule has 0 unspecified atom stereocenters. The zero-order valence-electron chi connectivity index (χ0n) is 12.1. The minimum Gasteiger partial charge on any atom is -0.379 e. The van der Waals surface area contributed by atoms with Gasteiger partial charge in [0.25, 0.3) is 0 Å². The Morgan fingerprint density at radius 2 is 2.11 bits per heavy atom. The van der Waals surface area contributed by atoms with Gasteiger partial charge in [-0.25, -0.2) is 0 Å². The Morgan fingerprint density at radius 3 is 2.79 bits per heavy atom. The smallest absolute Gasteiger partial charge is 0.0641 e. The molecule has 2 N–H and O–H groups in total. The largest absolute Gasteiger partial charge is 0.379 e. The normalized spacial score (nSPS) is 16.4. The molecule has 0 spiro atoms. The molecule has 0 radical (unpaired) electrons. The summed E-state index contributed by atoms with van der Waals surface area (Å²) in [4.78, 5) is 2.25. The summed E-state index contributed by atoms with van der Waals surface area (Å²) in [7, 11) is 2.11. The average molecular weight is 262 g/mol. The molecule has 1 aromatic rings. The van der Waals surface area contributed by atoms with E-state index in [-0.39, 0.29) is 6.04 Å². The van der Waals surface area contributed by atoms with Crippen LogP contribution in [0.15, 0.2) is 24.3 Å². The number of nitrogens with two attached hydrogens (primary N) is 1. The number of nitrogens with zero attached hydrogens (tertiary/aromatic N) is 1. The molecule has 1 aromatic carbocycles. The predicted octanol–water partition coefficient (Wildman–Crippen LogP) is 2.96. The number of benzene rings is 1. The maximum atomic E-state index is 6.18. The fourth-order valence-corrected chi connectivity index (χ4v) is 2.23. The molecule has 0 saturated heterocycles. The lowest BCUT2D eigenvalue weighted by atomic mass is 10.0. The summed E-state index contributed by atoms with van der Waals surface area (Å²) in [5.74, 6) is 0.839. The van der Waals surface area contributed by atoms with Gasteiger partial charge in [0, 0.05) is 31.9 Å². The van der Waals surface area contributed by atoms with E-state index in [1.165, 1.54) is 24.1 Å². The maximum Gasteiger partial charge on any atom is 0.0641 e. The summed E-state index contributed by atoms with van der Waals surface area (Å²) in [6.45, 7) is 4.77. The van der Waals surface area contributed by atoms with E-state index in [0.717, 1.165) is 32.1 Å². The monoisotopic (exact) mass is 262 g/mol. The topological polar surface area (TPSA) is 38.5 Å². The number of para-hydroxylation sites is 1. The number of likely N-dealkylation sites (N-methyl/N-ethyl adjacent to an activating group) is 1. The summed E-state index contributed by atoms with van der Waals surface area (Å²) in [5.41, 5.74) is 8.64. The SMILES string of the molecule is CC[C@@H](N)c1ccccc1N(C)CCOCC1CC1. The average Bonchev–Trinajstić information content (AvgIpc) is 3.26. The molecule has 1 aliphatic carbocycles. The van der Waals surface area contributed by atoms with Gasteiger partial charge >= 0.3 is 0 Å². The van der Waals surface area contributed by atoms with Crippen LogP contribution in [0.4, 0.5) is 5.69 Å². The van der Waals surface area contributed by atoms with Gasteiger partial charge in [0.15, 0.2) is 0 Å². The second-order valence-electron chi connectivity index (χ2n) is 5.51. The molecule has 0 aliphatic heterocycles. The molecule has 0 amide bonds. The van der Waals surface area contributed by atoms with Gasteiger partial charge in [-0.2, -0.15) is 0 Å². The second kappa shape index (κ2) is 6.92. The van der Waals surface area contributed by atoms with Gasteiger partial charge in [0.1, 0.15) is 0 Å². The van der Waals surface area contributed by atoms with Gasteiger partial charge in [-0.1, -0.05) is 25.1 Å². The molecule has 3 nitrogen and oxygen atoms in total. The van der Waals surface area contributed by atoms with Crippen molar-refractivity contribution in [2.45, 2.75) is 32.2 Å². The van der Waals surface area contributed by atoms with Crippen molar-refractivity contribution >= 4 is 5.69 Å². The molecule has 1 atom stereocenters. The number of anilines is 1. The molecule has 1 saturated carbocycles. The third-order valence-corrected chi connectivity index (χ3v) is 3.81. The summed E-state index contributed by atoms with van der Waals surface area (Å²) >= 11 is 0. The van der Waals surface area contributed by atoms with Gasteiger partial charge in [-0.15, -0.1) is 0 Å². The Kier molecular flexibility index (Phi) is 5.23. The first-order valence-electron chi connectivity index (χ1n) is 7.35. The van der Waals surface area contributed by atoms with Crippen molar-refractivity contribution in [2.75, 3.05) is 31.7 Å². The highest BCUT2D eigenvalue weighted by molar-refractivity contribution is 5.54. The van der Waals surface area contributed by atoms with E-state index in [1.807, 2.05) is 0 Å². The van der Waals surface area contributed by atoms with Gasteiger partial charge in [0.05, 0.1) is 6.61 Å². The highest BCUT2D eigenvalue weighted by Gasteiger charge is 2.21. The lowest BCUT2D eigenvalue weighted by Crippen LogP contribution is -2.25. The zero-order valence-corrected chi connectivity index (χ0v) is 12.1. The minimum atomic E-state index is 0.117. The highest BCUT2D eigenvalue weighted by atomic mass is 16.5. The van der Waals surface area contributed by atoms with Crippen LogP contribution in [0.3, 0.4) is 0 Å². The Bertz CT molecular complexity index is 390. The fourth-order valence-electron chi connectivity index (χ4n) is 2.23. The van der Waals surface area contributed by atoms with Crippen molar-refractivity contribution in [1.82, 2.24) is 0 Å². The van der Waals surface area contributed by atoms with Crippen LogP contribution in [0.1, 0.15) is 37.8 Å². The van der Waals surface area contributed by atoms with Crippen LogP contribution in [0.2, 0.25) is 0 Å².